The number of esters is 2. The first-order chi connectivity index (χ1) is 31.6. The molecule has 8 heteroatoms. The Morgan fingerprint density at radius 3 is 1.23 bits per heavy atom. The number of allylic oxidation sites excluding steroid dienone is 20. The number of aliphatic carboxylic acids is 1. The molecule has 0 aromatic rings. The minimum atomic E-state index is -0.889. The number of nitrogens with zero attached hydrogens (tertiary/aromatic N) is 1. The summed E-state index contributed by atoms with van der Waals surface area (Å²) in [6, 6.07) is -0.633. The Bertz CT molecular complexity index is 1470. The average Bonchev–Trinajstić information content (AvgIpc) is 3.27. The predicted octanol–water partition coefficient (Wildman–Crippen LogP) is 14.6. The zero-order valence-corrected chi connectivity index (χ0v) is 41.6. The van der Waals surface area contributed by atoms with Gasteiger partial charge in [-0.1, -0.05) is 167 Å². The first-order valence-corrected chi connectivity index (χ1v) is 25.1. The third kappa shape index (κ3) is 44.7. The summed E-state index contributed by atoms with van der Waals surface area (Å²) in [7, 11) is 5.50. The second-order valence-corrected chi connectivity index (χ2v) is 17.3. The normalized spacial score (nSPS) is 13.9. The van der Waals surface area contributed by atoms with Crippen LogP contribution in [0.1, 0.15) is 168 Å². The highest BCUT2D eigenvalue weighted by molar-refractivity contribution is 5.72. The maximum atomic E-state index is 12.8. The van der Waals surface area contributed by atoms with Crippen LogP contribution in [0, 0.1) is 0 Å². The molecule has 0 saturated carbocycles. The van der Waals surface area contributed by atoms with E-state index in [9.17, 15) is 19.5 Å². The van der Waals surface area contributed by atoms with Crippen molar-refractivity contribution in [2.24, 2.45) is 0 Å². The molecule has 0 rings (SSSR count). The summed E-state index contributed by atoms with van der Waals surface area (Å²) in [5.74, 6) is -1.55. The van der Waals surface area contributed by atoms with Gasteiger partial charge in [-0.15, -0.1) is 0 Å². The second kappa shape index (κ2) is 46.3. The molecule has 2 atom stereocenters. The van der Waals surface area contributed by atoms with E-state index in [0.29, 0.717) is 19.3 Å². The Morgan fingerprint density at radius 1 is 0.462 bits per heavy atom. The van der Waals surface area contributed by atoms with Crippen LogP contribution in [0.5, 0.6) is 0 Å². The summed E-state index contributed by atoms with van der Waals surface area (Å²) in [4.78, 5) is 37.2. The maximum absolute atomic E-state index is 12.8. The van der Waals surface area contributed by atoms with Crippen LogP contribution >= 0.6 is 0 Å². The van der Waals surface area contributed by atoms with Gasteiger partial charge in [-0.05, 0) is 103 Å². The molecule has 8 nitrogen and oxygen atoms in total. The highest BCUT2D eigenvalue weighted by Gasteiger charge is 2.31. The number of unbranched alkanes of at least 4 members (excludes halogenated alkanes) is 9. The van der Waals surface area contributed by atoms with Crippen molar-refractivity contribution >= 4 is 17.9 Å². The minimum Gasteiger partial charge on any atom is -0.477 e. The lowest BCUT2D eigenvalue weighted by molar-refractivity contribution is -0.887. The number of likely N-dealkylation sites (N-methyl/N-ethyl adjacent to an activating group) is 1. The van der Waals surface area contributed by atoms with Gasteiger partial charge in [0, 0.05) is 19.3 Å². The van der Waals surface area contributed by atoms with Crippen LogP contribution in [0.15, 0.2) is 122 Å². The summed E-state index contributed by atoms with van der Waals surface area (Å²) in [5, 5.41) is 9.65. The molecule has 0 saturated heterocycles. The van der Waals surface area contributed by atoms with Crippen molar-refractivity contribution in [2.75, 3.05) is 41.0 Å². The molecule has 0 heterocycles. The van der Waals surface area contributed by atoms with Gasteiger partial charge in [0.15, 0.2) is 12.1 Å². The molecule has 0 radical (unpaired) electrons. The number of hydrogen-bond donors (Lipinski definition) is 1. The zero-order chi connectivity index (χ0) is 47.7. The molecule has 0 bridgehead atoms. The number of carboxylic acids is 1. The molecular formula is C57H92NO7+. The number of rotatable bonds is 43. The van der Waals surface area contributed by atoms with E-state index in [2.05, 4.69) is 135 Å². The van der Waals surface area contributed by atoms with Crippen molar-refractivity contribution in [1.82, 2.24) is 0 Å². The van der Waals surface area contributed by atoms with Gasteiger partial charge in [0.05, 0.1) is 34.4 Å². The van der Waals surface area contributed by atoms with Crippen molar-refractivity contribution < 1.29 is 38.2 Å². The molecular weight excluding hydrogens is 811 g/mol. The van der Waals surface area contributed by atoms with Gasteiger partial charge in [0.2, 0.25) is 0 Å². The van der Waals surface area contributed by atoms with Gasteiger partial charge >= 0.3 is 17.9 Å². The third-order valence-corrected chi connectivity index (χ3v) is 10.4. The van der Waals surface area contributed by atoms with E-state index in [0.717, 1.165) is 109 Å². The molecule has 1 N–H and O–H groups in total. The van der Waals surface area contributed by atoms with E-state index in [1.54, 1.807) is 0 Å². The SMILES string of the molecule is CC/C=C/C/C=C/C/C=C/C/C=C/C/C=C/C/C=C/CCCCC(=O)OC(COCCC(C(=O)O)[N+](C)(C)C)COC(=O)CCCCCCCCC/C=C/C/C=C/C/C=C/C/C=C/CC. The third-order valence-electron chi connectivity index (χ3n) is 10.4. The topological polar surface area (TPSA) is 99.1 Å². The molecule has 0 aliphatic rings. The van der Waals surface area contributed by atoms with Crippen molar-refractivity contribution in [3.05, 3.63) is 122 Å². The number of ether oxygens (including phenoxy) is 3. The molecule has 0 amide bonds. The highest BCUT2D eigenvalue weighted by Crippen LogP contribution is 2.13. The summed E-state index contributed by atoms with van der Waals surface area (Å²) in [5.41, 5.74) is 0. The number of carbonyl (C=O) groups is 3. The lowest BCUT2D eigenvalue weighted by Gasteiger charge is -2.31. The molecule has 0 aromatic carbocycles. The van der Waals surface area contributed by atoms with E-state index in [4.69, 9.17) is 14.2 Å². The van der Waals surface area contributed by atoms with Crippen LogP contribution in [0.25, 0.3) is 0 Å². The number of quaternary nitrogens is 1. The molecule has 0 spiro atoms. The Labute approximate surface area is 397 Å². The van der Waals surface area contributed by atoms with Crippen LogP contribution in [0.4, 0.5) is 0 Å². The van der Waals surface area contributed by atoms with Crippen LogP contribution in [-0.4, -0.2) is 80.6 Å². The quantitative estimate of drug-likeness (QED) is 0.0282. The van der Waals surface area contributed by atoms with E-state index >= 15 is 0 Å². The van der Waals surface area contributed by atoms with Crippen molar-refractivity contribution in [3.63, 3.8) is 0 Å². The Balaban J connectivity index is 4.40. The van der Waals surface area contributed by atoms with Crippen LogP contribution in [-0.2, 0) is 28.6 Å². The van der Waals surface area contributed by atoms with Gasteiger partial charge in [-0.2, -0.15) is 0 Å². The molecule has 0 aliphatic heterocycles. The molecule has 366 valence electrons. The highest BCUT2D eigenvalue weighted by atomic mass is 16.6. The van der Waals surface area contributed by atoms with Gasteiger partial charge in [-0.25, -0.2) is 4.79 Å². The van der Waals surface area contributed by atoms with Crippen LogP contribution < -0.4 is 0 Å². The van der Waals surface area contributed by atoms with E-state index in [1.807, 2.05) is 21.1 Å². The van der Waals surface area contributed by atoms with Crippen molar-refractivity contribution in [2.45, 2.75) is 180 Å². The summed E-state index contributed by atoms with van der Waals surface area (Å²) in [6.07, 6.45) is 65.3. The molecule has 2 unspecified atom stereocenters. The standard InChI is InChI=1S/C57H91NO7/c1-6-8-10-12-14-16-18-20-22-24-26-28-30-32-34-36-38-40-42-44-46-48-56(60)65-53(51-63-50-49-54(57(61)62)58(3,4)5)52-64-55(59)47-45-43-41-39-37-35-33-31-29-27-25-23-21-19-17-15-13-11-9-7-2/h8-11,14-17,20-23,26-29,32,34,38,40,53-54H,6-7,12-13,18-19,24-25,30-31,33,35-37,39,41-52H2,1-5H3/p+1/b10-8+,11-9+,16-14+,17-15+,22-20+,23-21+,28-26+,29-27+,34-32+,40-38+. The maximum Gasteiger partial charge on any atom is 0.362 e. The van der Waals surface area contributed by atoms with E-state index in [-0.39, 0.29) is 42.7 Å². The van der Waals surface area contributed by atoms with Crippen molar-refractivity contribution in [3.8, 4) is 0 Å². The second-order valence-electron chi connectivity index (χ2n) is 17.3. The first-order valence-electron chi connectivity index (χ1n) is 25.1. The predicted molar refractivity (Wildman–Crippen MR) is 275 cm³/mol. The zero-order valence-electron chi connectivity index (χ0n) is 41.6. The van der Waals surface area contributed by atoms with Gasteiger partial charge in [-0.3, -0.25) is 9.59 Å². The van der Waals surface area contributed by atoms with Crippen LogP contribution in [0.2, 0.25) is 0 Å². The smallest absolute Gasteiger partial charge is 0.362 e. The Morgan fingerprint density at radius 2 is 0.815 bits per heavy atom. The monoisotopic (exact) mass is 903 g/mol. The molecule has 65 heavy (non-hydrogen) atoms. The fourth-order valence-electron chi connectivity index (χ4n) is 6.55. The number of carboxylic acid groups (broad SMARTS) is 1. The average molecular weight is 903 g/mol. The van der Waals surface area contributed by atoms with Gasteiger partial charge in [0.25, 0.3) is 0 Å². The Kier molecular flexibility index (Phi) is 43.2. The fraction of sp³-hybridized carbons (Fsp3) is 0.596. The van der Waals surface area contributed by atoms with E-state index < -0.39 is 18.1 Å². The first kappa shape index (κ1) is 60.7. The summed E-state index contributed by atoms with van der Waals surface area (Å²) >= 11 is 0. The summed E-state index contributed by atoms with van der Waals surface area (Å²) < 4.78 is 17.3. The molecule has 0 fully saturated rings. The number of carbonyl (C=O) groups excluding carboxylic acids is 2. The Hall–Kier alpha value is -4.27. The lowest BCUT2D eigenvalue weighted by atomic mass is 10.1. The van der Waals surface area contributed by atoms with E-state index in [1.165, 1.54) is 19.3 Å². The van der Waals surface area contributed by atoms with Crippen LogP contribution in [0.3, 0.4) is 0 Å². The summed E-state index contributed by atoms with van der Waals surface area (Å²) in [6.45, 7) is 4.43. The number of hydrogen-bond acceptors (Lipinski definition) is 6. The van der Waals surface area contributed by atoms with Gasteiger partial charge in [0.1, 0.15) is 6.61 Å². The lowest BCUT2D eigenvalue weighted by Crippen LogP contribution is -2.50. The fourth-order valence-corrected chi connectivity index (χ4v) is 6.55. The molecule has 0 aliphatic carbocycles. The van der Waals surface area contributed by atoms with Crippen molar-refractivity contribution in [1.29, 1.82) is 0 Å². The largest absolute Gasteiger partial charge is 0.477 e. The van der Waals surface area contributed by atoms with Gasteiger partial charge < -0.3 is 23.8 Å². The minimum absolute atomic E-state index is 0.0311. The molecule has 0 aromatic heterocycles.